The van der Waals surface area contributed by atoms with E-state index in [-0.39, 0.29) is 29.5 Å². The summed E-state index contributed by atoms with van der Waals surface area (Å²) in [5, 5.41) is 2.98. The number of anilines is 1. The lowest BCUT2D eigenvalue weighted by Gasteiger charge is -2.34. The first-order chi connectivity index (χ1) is 21.2. The molecule has 0 saturated carbocycles. The van der Waals surface area contributed by atoms with Gasteiger partial charge in [0.2, 0.25) is 11.8 Å². The summed E-state index contributed by atoms with van der Waals surface area (Å²) in [5.74, 6) is -1.42. The third-order valence-corrected chi connectivity index (χ3v) is 9.05. The Morgan fingerprint density at radius 3 is 2.11 bits per heavy atom. The Kier molecular flexibility index (Phi) is 11.3. The number of nitrogens with one attached hydrogen (secondary N) is 1. The average molecular weight is 616 g/mol. The van der Waals surface area contributed by atoms with Crippen LogP contribution >= 0.6 is 0 Å². The van der Waals surface area contributed by atoms with Gasteiger partial charge in [-0.25, -0.2) is 12.8 Å². The molecule has 44 heavy (non-hydrogen) atoms. The van der Waals surface area contributed by atoms with E-state index in [0.717, 1.165) is 46.0 Å². The number of aryl methyl sites for hydroxylation is 1. The van der Waals surface area contributed by atoms with Crippen LogP contribution in [-0.2, 0) is 32.6 Å². The van der Waals surface area contributed by atoms with E-state index >= 15 is 0 Å². The maximum absolute atomic E-state index is 14.4. The number of hydrogen-bond acceptors (Lipinski definition) is 4. The van der Waals surface area contributed by atoms with Gasteiger partial charge in [-0.3, -0.25) is 13.9 Å². The lowest BCUT2D eigenvalue weighted by molar-refractivity contribution is -0.140. The van der Waals surface area contributed by atoms with E-state index in [2.05, 4.69) is 5.32 Å². The number of halogens is 1. The molecule has 7 nitrogen and oxygen atoms in total. The van der Waals surface area contributed by atoms with Crippen LogP contribution in [0.3, 0.4) is 0 Å². The topological polar surface area (TPSA) is 86.8 Å². The van der Waals surface area contributed by atoms with Crippen molar-refractivity contribution in [1.82, 2.24) is 10.2 Å². The largest absolute Gasteiger partial charge is 0.354 e. The highest BCUT2D eigenvalue weighted by Crippen LogP contribution is 2.25. The minimum atomic E-state index is -4.23. The van der Waals surface area contributed by atoms with Crippen molar-refractivity contribution in [1.29, 1.82) is 0 Å². The van der Waals surface area contributed by atoms with Gasteiger partial charge in [0.25, 0.3) is 10.0 Å². The van der Waals surface area contributed by atoms with Crippen molar-refractivity contribution in [2.45, 2.75) is 50.6 Å². The molecule has 4 aromatic carbocycles. The molecule has 230 valence electrons. The Morgan fingerprint density at radius 1 is 0.841 bits per heavy atom. The highest BCUT2D eigenvalue weighted by Gasteiger charge is 2.34. The minimum absolute atomic E-state index is 0.0134. The summed E-state index contributed by atoms with van der Waals surface area (Å²) in [6.45, 7) is 3.91. The molecular weight excluding hydrogens is 577 g/mol. The maximum atomic E-state index is 14.4. The number of benzene rings is 4. The third-order valence-electron chi connectivity index (χ3n) is 7.26. The zero-order valence-corrected chi connectivity index (χ0v) is 25.8. The Balaban J connectivity index is 1.78. The van der Waals surface area contributed by atoms with E-state index in [1.54, 1.807) is 18.2 Å². The number of nitrogens with zero attached hydrogens (tertiary/aromatic N) is 2. The molecule has 0 aromatic heterocycles. The monoisotopic (exact) mass is 615 g/mol. The first-order valence-corrected chi connectivity index (χ1v) is 16.1. The van der Waals surface area contributed by atoms with Crippen molar-refractivity contribution >= 4 is 27.5 Å². The lowest BCUT2D eigenvalue weighted by atomic mass is 10.0. The Morgan fingerprint density at radius 2 is 1.48 bits per heavy atom. The van der Waals surface area contributed by atoms with Gasteiger partial charge in [-0.15, -0.1) is 0 Å². The summed E-state index contributed by atoms with van der Waals surface area (Å²) in [4.78, 5) is 29.6. The lowest BCUT2D eigenvalue weighted by Crippen LogP contribution is -2.53. The molecular formula is C35H38FN3O4S. The maximum Gasteiger partial charge on any atom is 0.264 e. The number of carbonyl (C=O) groups excluding carboxylic acids is 2. The van der Waals surface area contributed by atoms with Gasteiger partial charge in [0.15, 0.2) is 0 Å². The summed E-state index contributed by atoms with van der Waals surface area (Å²) in [6.07, 6.45) is 1.90. The second-order valence-electron chi connectivity index (χ2n) is 10.7. The van der Waals surface area contributed by atoms with Crippen molar-refractivity contribution in [2.24, 2.45) is 0 Å². The fraction of sp³-hybridized carbons (Fsp3) is 0.257. The first-order valence-electron chi connectivity index (χ1n) is 14.7. The quantitative estimate of drug-likeness (QED) is 0.179. The summed E-state index contributed by atoms with van der Waals surface area (Å²) in [6, 6.07) is 28.9. The molecule has 0 fully saturated rings. The summed E-state index contributed by atoms with van der Waals surface area (Å²) >= 11 is 0. The van der Waals surface area contributed by atoms with Crippen LogP contribution in [0.4, 0.5) is 10.1 Å². The van der Waals surface area contributed by atoms with Crippen LogP contribution in [0.15, 0.2) is 114 Å². The van der Waals surface area contributed by atoms with Gasteiger partial charge < -0.3 is 10.2 Å². The van der Waals surface area contributed by atoms with Gasteiger partial charge in [0.05, 0.1) is 10.6 Å². The second kappa shape index (κ2) is 15.3. The smallest absolute Gasteiger partial charge is 0.264 e. The predicted molar refractivity (Wildman–Crippen MR) is 171 cm³/mol. The molecule has 0 unspecified atom stereocenters. The molecule has 4 aromatic rings. The Bertz CT molecular complexity index is 1630. The third kappa shape index (κ3) is 8.54. The van der Waals surface area contributed by atoms with Gasteiger partial charge in [0.1, 0.15) is 18.4 Å². The van der Waals surface area contributed by atoms with Crippen LogP contribution in [0.5, 0.6) is 0 Å². The van der Waals surface area contributed by atoms with Gasteiger partial charge in [-0.05, 0) is 60.9 Å². The molecule has 1 atom stereocenters. The van der Waals surface area contributed by atoms with Crippen molar-refractivity contribution in [2.75, 3.05) is 17.4 Å². The van der Waals surface area contributed by atoms with Crippen molar-refractivity contribution in [3.05, 3.63) is 132 Å². The number of hydrogen-bond donors (Lipinski definition) is 1. The van der Waals surface area contributed by atoms with Crippen LogP contribution in [-0.4, -0.2) is 44.3 Å². The van der Waals surface area contributed by atoms with Gasteiger partial charge in [-0.2, -0.15) is 0 Å². The van der Waals surface area contributed by atoms with E-state index in [1.165, 1.54) is 29.2 Å². The van der Waals surface area contributed by atoms with E-state index in [1.807, 2.05) is 68.4 Å². The SMILES string of the molecule is CCCCNC(=O)[C@@H](Cc1ccccc1)N(Cc1cccc(C)c1)C(=O)CN(c1ccc(F)cc1)S(=O)(=O)c1ccccc1. The molecule has 2 amide bonds. The molecule has 9 heteroatoms. The highest BCUT2D eigenvalue weighted by molar-refractivity contribution is 7.92. The van der Waals surface area contributed by atoms with Crippen LogP contribution in [0.2, 0.25) is 0 Å². The average Bonchev–Trinajstić information content (AvgIpc) is 3.03. The Hall–Kier alpha value is -4.50. The van der Waals surface area contributed by atoms with Crippen molar-refractivity contribution in [3.63, 3.8) is 0 Å². The fourth-order valence-electron chi connectivity index (χ4n) is 4.92. The zero-order valence-electron chi connectivity index (χ0n) is 25.0. The number of sulfonamides is 1. The highest BCUT2D eigenvalue weighted by atomic mass is 32.2. The van der Waals surface area contributed by atoms with Crippen molar-refractivity contribution in [3.8, 4) is 0 Å². The molecule has 0 aliphatic rings. The van der Waals surface area contributed by atoms with Crippen molar-refractivity contribution < 1.29 is 22.4 Å². The molecule has 0 spiro atoms. The normalized spacial score (nSPS) is 11.9. The van der Waals surface area contributed by atoms with E-state index < -0.39 is 34.3 Å². The molecule has 1 N–H and O–H groups in total. The summed E-state index contributed by atoms with van der Waals surface area (Å²) < 4.78 is 42.7. The van der Waals surface area contributed by atoms with Crippen LogP contribution < -0.4 is 9.62 Å². The van der Waals surface area contributed by atoms with E-state index in [4.69, 9.17) is 0 Å². The van der Waals surface area contributed by atoms with Gasteiger partial charge in [-0.1, -0.05) is 91.7 Å². The fourth-order valence-corrected chi connectivity index (χ4v) is 6.36. The summed E-state index contributed by atoms with van der Waals surface area (Å²) in [5.41, 5.74) is 2.78. The molecule has 0 aliphatic carbocycles. The predicted octanol–water partition coefficient (Wildman–Crippen LogP) is 5.89. The number of carbonyl (C=O) groups is 2. The zero-order chi connectivity index (χ0) is 31.5. The molecule has 0 heterocycles. The molecule has 0 radical (unpaired) electrons. The minimum Gasteiger partial charge on any atom is -0.354 e. The molecule has 0 aliphatic heterocycles. The molecule has 0 saturated heterocycles. The van der Waals surface area contributed by atoms with Crippen LogP contribution in [0.25, 0.3) is 0 Å². The number of amides is 2. The Labute approximate surface area is 259 Å². The second-order valence-corrected chi connectivity index (χ2v) is 12.5. The van der Waals surface area contributed by atoms with Crippen LogP contribution in [0.1, 0.15) is 36.5 Å². The molecule has 4 rings (SSSR count). The molecule has 0 bridgehead atoms. The van der Waals surface area contributed by atoms with Gasteiger partial charge >= 0.3 is 0 Å². The first kappa shape index (κ1) is 32.4. The van der Waals surface area contributed by atoms with E-state index in [0.29, 0.717) is 6.54 Å². The summed E-state index contributed by atoms with van der Waals surface area (Å²) in [7, 11) is -4.23. The number of rotatable bonds is 14. The van der Waals surface area contributed by atoms with E-state index in [9.17, 15) is 22.4 Å². The number of unbranched alkanes of at least 4 members (excludes halogenated alkanes) is 1. The standard InChI is InChI=1S/C35H38FN3O4S/c1-3-4-22-37-35(41)33(24-28-13-7-5-8-14-28)38(25-29-15-11-12-27(2)23-29)34(40)26-39(31-20-18-30(36)19-21-31)44(42,43)32-16-9-6-10-17-32/h5-21,23,33H,3-4,22,24-26H2,1-2H3,(H,37,41)/t33-/m1/s1. The van der Waals surface area contributed by atoms with Gasteiger partial charge in [0, 0.05) is 19.5 Å². The van der Waals surface area contributed by atoms with Crippen LogP contribution in [0, 0.1) is 12.7 Å².